The predicted octanol–water partition coefficient (Wildman–Crippen LogP) is 5.40. The molecule has 1 aromatic carbocycles. The summed E-state index contributed by atoms with van der Waals surface area (Å²) >= 11 is 12.1. The maximum atomic E-state index is 6.09. The van der Waals surface area contributed by atoms with Crippen molar-refractivity contribution >= 4 is 29.0 Å². The third-order valence-electron chi connectivity index (χ3n) is 3.07. The van der Waals surface area contributed by atoms with Crippen LogP contribution >= 0.6 is 23.2 Å². The smallest absolute Gasteiger partial charge is 0.161 e. The van der Waals surface area contributed by atoms with Crippen molar-refractivity contribution in [2.24, 2.45) is 0 Å². The quantitative estimate of drug-likeness (QED) is 0.800. The SMILES string of the molecule is CCCNc1cc(C(C)C)nc(-c2ccc(Cl)c(Cl)c2)n1. The summed E-state index contributed by atoms with van der Waals surface area (Å²) in [7, 11) is 0. The molecule has 3 nitrogen and oxygen atoms in total. The van der Waals surface area contributed by atoms with Gasteiger partial charge in [-0.15, -0.1) is 0 Å². The fourth-order valence-corrected chi connectivity index (χ4v) is 2.17. The van der Waals surface area contributed by atoms with Gasteiger partial charge in [0.15, 0.2) is 5.82 Å². The van der Waals surface area contributed by atoms with Crippen molar-refractivity contribution < 1.29 is 0 Å². The van der Waals surface area contributed by atoms with E-state index in [2.05, 4.69) is 36.1 Å². The molecule has 0 radical (unpaired) electrons. The molecule has 0 aliphatic heterocycles. The topological polar surface area (TPSA) is 37.8 Å². The van der Waals surface area contributed by atoms with E-state index < -0.39 is 0 Å². The van der Waals surface area contributed by atoms with E-state index in [-0.39, 0.29) is 0 Å². The minimum absolute atomic E-state index is 0.330. The van der Waals surface area contributed by atoms with E-state index in [1.807, 2.05) is 12.1 Å². The number of hydrogen-bond acceptors (Lipinski definition) is 3. The summed E-state index contributed by atoms with van der Waals surface area (Å²) in [5.74, 6) is 1.84. The number of nitrogens with zero attached hydrogens (tertiary/aromatic N) is 2. The third-order valence-corrected chi connectivity index (χ3v) is 3.81. The summed E-state index contributed by atoms with van der Waals surface area (Å²) < 4.78 is 0. The molecule has 2 aromatic rings. The molecular weight excluding hydrogens is 305 g/mol. The molecule has 5 heteroatoms. The summed E-state index contributed by atoms with van der Waals surface area (Å²) in [6, 6.07) is 7.45. The molecule has 0 unspecified atom stereocenters. The zero-order chi connectivity index (χ0) is 15.4. The van der Waals surface area contributed by atoms with Crippen LogP contribution in [0.15, 0.2) is 24.3 Å². The van der Waals surface area contributed by atoms with Gasteiger partial charge in [-0.1, -0.05) is 44.0 Å². The van der Waals surface area contributed by atoms with E-state index >= 15 is 0 Å². The van der Waals surface area contributed by atoms with Crippen LogP contribution in [0.25, 0.3) is 11.4 Å². The summed E-state index contributed by atoms with van der Waals surface area (Å²) in [4.78, 5) is 9.20. The Morgan fingerprint density at radius 2 is 1.86 bits per heavy atom. The lowest BCUT2D eigenvalue weighted by atomic mass is 10.1. The highest BCUT2D eigenvalue weighted by Crippen LogP contribution is 2.28. The lowest BCUT2D eigenvalue weighted by Gasteiger charge is -2.12. The molecule has 0 aliphatic rings. The lowest BCUT2D eigenvalue weighted by Crippen LogP contribution is -2.06. The molecule has 0 bridgehead atoms. The molecule has 0 spiro atoms. The maximum absolute atomic E-state index is 6.09. The molecule has 1 aromatic heterocycles. The van der Waals surface area contributed by atoms with Crippen molar-refractivity contribution in [2.75, 3.05) is 11.9 Å². The number of halogens is 2. The Labute approximate surface area is 135 Å². The molecule has 0 amide bonds. The van der Waals surface area contributed by atoms with Crippen molar-refractivity contribution in [3.63, 3.8) is 0 Å². The summed E-state index contributed by atoms with van der Waals surface area (Å²) in [6.07, 6.45) is 1.04. The monoisotopic (exact) mass is 323 g/mol. The van der Waals surface area contributed by atoms with Crippen molar-refractivity contribution in [1.82, 2.24) is 9.97 Å². The second-order valence-corrected chi connectivity index (χ2v) is 6.03. The Morgan fingerprint density at radius 1 is 1.10 bits per heavy atom. The summed E-state index contributed by atoms with van der Waals surface area (Å²) in [5.41, 5.74) is 1.87. The molecular formula is C16H19Cl2N3. The average Bonchev–Trinajstić information content (AvgIpc) is 2.47. The number of rotatable bonds is 5. The molecule has 0 saturated heterocycles. The van der Waals surface area contributed by atoms with Crippen molar-refractivity contribution in [2.45, 2.75) is 33.1 Å². The highest BCUT2D eigenvalue weighted by molar-refractivity contribution is 6.42. The molecule has 1 N–H and O–H groups in total. The van der Waals surface area contributed by atoms with E-state index in [9.17, 15) is 0 Å². The normalized spacial score (nSPS) is 11.0. The fraction of sp³-hybridized carbons (Fsp3) is 0.375. The van der Waals surface area contributed by atoms with Gasteiger partial charge in [-0.2, -0.15) is 0 Å². The fourth-order valence-electron chi connectivity index (χ4n) is 1.87. The van der Waals surface area contributed by atoms with Crippen LogP contribution in [0.1, 0.15) is 38.8 Å². The van der Waals surface area contributed by atoms with Gasteiger partial charge in [0, 0.05) is 23.9 Å². The van der Waals surface area contributed by atoms with Gasteiger partial charge in [0.1, 0.15) is 5.82 Å². The molecule has 0 saturated carbocycles. The highest BCUT2D eigenvalue weighted by atomic mass is 35.5. The molecule has 0 atom stereocenters. The number of hydrogen-bond donors (Lipinski definition) is 1. The Morgan fingerprint density at radius 3 is 2.48 bits per heavy atom. The molecule has 2 rings (SSSR count). The predicted molar refractivity (Wildman–Crippen MR) is 90.4 cm³/mol. The van der Waals surface area contributed by atoms with Crippen molar-refractivity contribution in [3.05, 3.63) is 40.0 Å². The number of anilines is 1. The summed E-state index contributed by atoms with van der Waals surface area (Å²) in [5, 5.41) is 4.36. The third kappa shape index (κ3) is 4.08. The Kier molecular flexibility index (Phi) is 5.43. The van der Waals surface area contributed by atoms with Gasteiger partial charge in [-0.3, -0.25) is 0 Å². The van der Waals surface area contributed by atoms with Gasteiger partial charge in [0.25, 0.3) is 0 Å². The minimum Gasteiger partial charge on any atom is -0.370 e. The van der Waals surface area contributed by atoms with Crippen LogP contribution in [0.5, 0.6) is 0 Å². The van der Waals surface area contributed by atoms with Crippen molar-refractivity contribution in [1.29, 1.82) is 0 Å². The van der Waals surface area contributed by atoms with E-state index in [1.54, 1.807) is 12.1 Å². The highest BCUT2D eigenvalue weighted by Gasteiger charge is 2.10. The van der Waals surface area contributed by atoms with Crippen LogP contribution in [0.4, 0.5) is 5.82 Å². The Bertz CT molecular complexity index is 627. The zero-order valence-electron chi connectivity index (χ0n) is 12.5. The zero-order valence-corrected chi connectivity index (χ0v) is 14.0. The Balaban J connectivity index is 2.45. The van der Waals surface area contributed by atoms with Gasteiger partial charge < -0.3 is 5.32 Å². The van der Waals surface area contributed by atoms with E-state index in [0.29, 0.717) is 21.8 Å². The van der Waals surface area contributed by atoms with Crippen LogP contribution in [0, 0.1) is 0 Å². The Hall–Kier alpha value is -1.32. The van der Waals surface area contributed by atoms with Crippen molar-refractivity contribution in [3.8, 4) is 11.4 Å². The van der Waals surface area contributed by atoms with Crippen LogP contribution < -0.4 is 5.32 Å². The molecule has 112 valence electrons. The van der Waals surface area contributed by atoms with Crippen LogP contribution in [0.3, 0.4) is 0 Å². The molecule has 0 aliphatic carbocycles. The van der Waals surface area contributed by atoms with Crippen LogP contribution in [-0.4, -0.2) is 16.5 Å². The second kappa shape index (κ2) is 7.10. The van der Waals surface area contributed by atoms with Gasteiger partial charge >= 0.3 is 0 Å². The van der Waals surface area contributed by atoms with Gasteiger partial charge in [-0.05, 0) is 30.5 Å². The van der Waals surface area contributed by atoms with Crippen LogP contribution in [-0.2, 0) is 0 Å². The first-order valence-electron chi connectivity index (χ1n) is 7.09. The van der Waals surface area contributed by atoms with Gasteiger partial charge in [-0.25, -0.2) is 9.97 Å². The van der Waals surface area contributed by atoms with Crippen LogP contribution in [0.2, 0.25) is 10.0 Å². The average molecular weight is 324 g/mol. The van der Waals surface area contributed by atoms with E-state index in [1.165, 1.54) is 0 Å². The maximum Gasteiger partial charge on any atom is 0.161 e. The van der Waals surface area contributed by atoms with E-state index in [4.69, 9.17) is 23.2 Å². The van der Waals surface area contributed by atoms with Gasteiger partial charge in [0.2, 0.25) is 0 Å². The molecule has 1 heterocycles. The first-order chi connectivity index (χ1) is 10.0. The molecule has 21 heavy (non-hydrogen) atoms. The minimum atomic E-state index is 0.330. The number of nitrogens with one attached hydrogen (secondary N) is 1. The second-order valence-electron chi connectivity index (χ2n) is 5.21. The molecule has 0 fully saturated rings. The lowest BCUT2D eigenvalue weighted by molar-refractivity contribution is 0.816. The largest absolute Gasteiger partial charge is 0.370 e. The standard InChI is InChI=1S/C16H19Cl2N3/c1-4-7-19-15-9-14(10(2)3)20-16(21-15)11-5-6-12(17)13(18)8-11/h5-6,8-10H,4,7H2,1-3H3,(H,19,20,21). The van der Waals surface area contributed by atoms with Gasteiger partial charge in [0.05, 0.1) is 10.0 Å². The first-order valence-corrected chi connectivity index (χ1v) is 7.85. The first kappa shape index (κ1) is 16.1. The summed E-state index contributed by atoms with van der Waals surface area (Å²) in [6.45, 7) is 7.24. The number of aromatic nitrogens is 2. The number of benzene rings is 1. The van der Waals surface area contributed by atoms with E-state index in [0.717, 1.165) is 30.0 Å².